The number of alkyl halides is 3. The third kappa shape index (κ3) is 4.57. The molecule has 0 unspecified atom stereocenters. The molecule has 0 N–H and O–H groups in total. The van der Waals surface area contributed by atoms with Crippen LogP contribution in [0.1, 0.15) is 33.2 Å². The molecule has 0 fully saturated rings. The van der Waals surface area contributed by atoms with Crippen LogP contribution in [0.25, 0.3) is 0 Å². The van der Waals surface area contributed by atoms with Gasteiger partial charge in [0.15, 0.2) is 12.4 Å². The van der Waals surface area contributed by atoms with E-state index in [1.165, 1.54) is 35.2 Å². The molecule has 0 saturated heterocycles. The number of ether oxygens (including phenoxy) is 1. The average molecular weight is 373 g/mol. The van der Waals surface area contributed by atoms with Gasteiger partial charge in [-0.25, -0.2) is 4.79 Å². The smallest absolute Gasteiger partial charge is 0.417 e. The van der Waals surface area contributed by atoms with Gasteiger partial charge >= 0.3 is 12.1 Å². The van der Waals surface area contributed by atoms with Crippen LogP contribution < -0.4 is 4.57 Å². The summed E-state index contributed by atoms with van der Waals surface area (Å²) in [6.07, 6.45) is -1.90. The predicted octanol–water partition coefficient (Wildman–Crippen LogP) is 3.71. The van der Waals surface area contributed by atoms with Crippen LogP contribution in [0, 0.1) is 0 Å². The fourth-order valence-corrected chi connectivity index (χ4v) is 2.52. The van der Waals surface area contributed by atoms with Crippen molar-refractivity contribution in [1.29, 1.82) is 0 Å². The van der Waals surface area contributed by atoms with Crippen molar-refractivity contribution in [1.82, 2.24) is 0 Å². The molecule has 0 aliphatic carbocycles. The zero-order valence-corrected chi connectivity index (χ0v) is 13.9. The molecule has 0 aliphatic rings. The molecule has 0 bridgehead atoms. The van der Waals surface area contributed by atoms with Gasteiger partial charge in [0, 0.05) is 6.07 Å². The summed E-state index contributed by atoms with van der Waals surface area (Å²) in [5.41, 5.74) is -1.50. The minimum absolute atomic E-state index is 0.182. The monoisotopic (exact) mass is 372 g/mol. The number of rotatable bonds is 5. The molecule has 2 aromatic rings. The van der Waals surface area contributed by atoms with Crippen molar-refractivity contribution in [3.63, 3.8) is 0 Å². The topological polar surface area (TPSA) is 47.2 Å². The first-order valence-electron chi connectivity index (χ1n) is 7.29. The lowest BCUT2D eigenvalue weighted by molar-refractivity contribution is -0.683. The van der Waals surface area contributed by atoms with Crippen molar-refractivity contribution in [2.45, 2.75) is 19.6 Å². The second-order valence-corrected chi connectivity index (χ2v) is 5.48. The van der Waals surface area contributed by atoms with Gasteiger partial charge in [0.05, 0.1) is 22.8 Å². The first-order chi connectivity index (χ1) is 11.7. The quantitative estimate of drug-likeness (QED) is 0.457. The number of pyridine rings is 1. The number of carbonyl (C=O) groups is 2. The maximum absolute atomic E-state index is 13.1. The van der Waals surface area contributed by atoms with Gasteiger partial charge in [-0.3, -0.25) is 4.79 Å². The molecule has 0 amide bonds. The average Bonchev–Trinajstić information content (AvgIpc) is 2.54. The Bertz CT molecular complexity index is 806. The molecular weight excluding hydrogens is 359 g/mol. The highest BCUT2D eigenvalue weighted by Gasteiger charge is 2.36. The minimum Gasteiger partial charge on any atom is -0.462 e. The SMILES string of the molecule is CCOC(=O)c1ccc[n+](CC(=O)c2c(Cl)cccc2C(F)(F)F)c1. The van der Waals surface area contributed by atoms with Gasteiger partial charge in [-0.15, -0.1) is 0 Å². The van der Waals surface area contributed by atoms with Gasteiger partial charge in [0.25, 0.3) is 0 Å². The molecule has 0 radical (unpaired) electrons. The predicted molar refractivity (Wildman–Crippen MR) is 83.4 cm³/mol. The lowest BCUT2D eigenvalue weighted by atomic mass is 10.0. The Morgan fingerprint density at radius 2 is 1.92 bits per heavy atom. The highest BCUT2D eigenvalue weighted by Crippen LogP contribution is 2.35. The third-order valence-corrected chi connectivity index (χ3v) is 3.61. The molecule has 0 aliphatic heterocycles. The molecule has 4 nitrogen and oxygen atoms in total. The van der Waals surface area contributed by atoms with Gasteiger partial charge in [0.1, 0.15) is 5.56 Å². The summed E-state index contributed by atoms with van der Waals surface area (Å²) in [5.74, 6) is -1.40. The van der Waals surface area contributed by atoms with E-state index in [9.17, 15) is 22.8 Å². The standard InChI is InChI=1S/C17H14ClF3NO3/c1-2-25-16(24)11-5-4-8-22(9-11)10-14(23)15-12(17(19,20)21)6-3-7-13(15)18/h3-9H,2,10H2,1H3/q+1. The van der Waals surface area contributed by atoms with Crippen molar-refractivity contribution in [2.75, 3.05) is 6.61 Å². The van der Waals surface area contributed by atoms with E-state index in [1.54, 1.807) is 6.92 Å². The van der Waals surface area contributed by atoms with Crippen LogP contribution in [0.5, 0.6) is 0 Å². The lowest BCUT2D eigenvalue weighted by Crippen LogP contribution is -2.38. The molecular formula is C17H14ClF3NO3+. The summed E-state index contributed by atoms with van der Waals surface area (Å²) in [6.45, 7) is 1.43. The maximum atomic E-state index is 13.1. The molecule has 8 heteroatoms. The van der Waals surface area contributed by atoms with Gasteiger partial charge in [-0.2, -0.15) is 17.7 Å². The minimum atomic E-state index is -4.70. The number of halogens is 4. The molecule has 0 atom stereocenters. The van der Waals surface area contributed by atoms with Crippen LogP contribution >= 0.6 is 11.6 Å². The van der Waals surface area contributed by atoms with Crippen LogP contribution in [-0.4, -0.2) is 18.4 Å². The third-order valence-electron chi connectivity index (χ3n) is 3.29. The Kier molecular flexibility index (Phi) is 5.79. The van der Waals surface area contributed by atoms with E-state index in [1.807, 2.05) is 0 Å². The van der Waals surface area contributed by atoms with E-state index < -0.39 is 35.6 Å². The van der Waals surface area contributed by atoms with E-state index in [4.69, 9.17) is 16.3 Å². The van der Waals surface area contributed by atoms with Crippen LogP contribution in [0.2, 0.25) is 5.02 Å². The second-order valence-electron chi connectivity index (χ2n) is 5.07. The van der Waals surface area contributed by atoms with Crippen molar-refractivity contribution < 1.29 is 32.1 Å². The number of hydrogen-bond donors (Lipinski definition) is 0. The molecule has 0 spiro atoms. The lowest BCUT2D eigenvalue weighted by Gasteiger charge is -2.12. The van der Waals surface area contributed by atoms with Gasteiger partial charge in [-0.05, 0) is 25.1 Å². The number of ketones is 1. The molecule has 25 heavy (non-hydrogen) atoms. The number of hydrogen-bond acceptors (Lipinski definition) is 3. The van der Waals surface area contributed by atoms with Crippen LogP contribution in [0.4, 0.5) is 13.2 Å². The number of nitrogens with zero attached hydrogens (tertiary/aromatic N) is 1. The second kappa shape index (κ2) is 7.65. The summed E-state index contributed by atoms with van der Waals surface area (Å²) in [5, 5.41) is -0.276. The van der Waals surface area contributed by atoms with Crippen molar-refractivity contribution >= 4 is 23.4 Å². The van der Waals surface area contributed by atoms with E-state index in [0.717, 1.165) is 12.1 Å². The fraction of sp³-hybridized carbons (Fsp3) is 0.235. The Labute approximate surface area is 146 Å². The number of benzene rings is 1. The zero-order valence-electron chi connectivity index (χ0n) is 13.1. The summed E-state index contributed by atoms with van der Waals surface area (Å²) in [4.78, 5) is 24.1. The molecule has 2 rings (SSSR count). The summed E-state index contributed by atoms with van der Waals surface area (Å²) >= 11 is 5.82. The fourth-order valence-electron chi connectivity index (χ4n) is 2.24. The number of carbonyl (C=O) groups excluding carboxylic acids is 2. The largest absolute Gasteiger partial charge is 0.462 e. The van der Waals surface area contributed by atoms with E-state index >= 15 is 0 Å². The van der Waals surface area contributed by atoms with Crippen LogP contribution in [0.3, 0.4) is 0 Å². The Hall–Kier alpha value is -2.41. The van der Waals surface area contributed by atoms with Crippen LogP contribution in [-0.2, 0) is 17.5 Å². The summed E-state index contributed by atoms with van der Waals surface area (Å²) in [7, 11) is 0. The van der Waals surface area contributed by atoms with Gasteiger partial charge in [-0.1, -0.05) is 17.7 Å². The highest BCUT2D eigenvalue weighted by molar-refractivity contribution is 6.34. The molecule has 0 saturated carbocycles. The first-order valence-corrected chi connectivity index (χ1v) is 7.67. The number of Topliss-reactive ketones (excluding diaryl/α,β-unsaturated/α-hetero) is 1. The van der Waals surface area contributed by atoms with Crippen molar-refractivity contribution in [2.24, 2.45) is 0 Å². The summed E-state index contributed by atoms with van der Waals surface area (Å²) in [6, 6.07) is 6.14. The molecule has 1 aromatic carbocycles. The molecule has 132 valence electrons. The maximum Gasteiger partial charge on any atom is 0.417 e. The molecule has 1 heterocycles. The van der Waals surface area contributed by atoms with E-state index in [-0.39, 0.29) is 17.2 Å². The number of esters is 1. The van der Waals surface area contributed by atoms with Crippen LogP contribution in [0.15, 0.2) is 42.7 Å². The number of aromatic nitrogens is 1. The van der Waals surface area contributed by atoms with E-state index in [2.05, 4.69) is 0 Å². The van der Waals surface area contributed by atoms with E-state index in [0.29, 0.717) is 0 Å². The Morgan fingerprint density at radius 3 is 2.56 bits per heavy atom. The normalized spacial score (nSPS) is 11.2. The van der Waals surface area contributed by atoms with Gasteiger partial charge < -0.3 is 4.74 Å². The summed E-state index contributed by atoms with van der Waals surface area (Å²) < 4.78 is 45.5. The van der Waals surface area contributed by atoms with Crippen molar-refractivity contribution in [3.05, 3.63) is 64.4 Å². The molecule has 1 aromatic heterocycles. The zero-order chi connectivity index (χ0) is 18.6. The Balaban J connectivity index is 2.33. The van der Waals surface area contributed by atoms with Crippen molar-refractivity contribution in [3.8, 4) is 0 Å². The Morgan fingerprint density at radius 1 is 1.20 bits per heavy atom. The highest BCUT2D eigenvalue weighted by atomic mass is 35.5. The first kappa shape index (κ1) is 18.9. The van der Waals surface area contributed by atoms with Gasteiger partial charge in [0.2, 0.25) is 12.3 Å².